The average Bonchev–Trinajstić information content (AvgIpc) is 2.46. The van der Waals surface area contributed by atoms with Gasteiger partial charge in [-0.3, -0.25) is 14.9 Å². The molecule has 6 nitrogen and oxygen atoms in total. The van der Waals surface area contributed by atoms with Gasteiger partial charge in [0.15, 0.2) is 0 Å². The molecule has 2 aromatic rings. The van der Waals surface area contributed by atoms with Gasteiger partial charge in [-0.25, -0.2) is 8.78 Å². The molecule has 0 saturated heterocycles. The van der Waals surface area contributed by atoms with Gasteiger partial charge in [-0.05, 0) is 30.7 Å². The monoisotopic (exact) mass is 321 g/mol. The number of benzene rings is 2. The summed E-state index contributed by atoms with van der Waals surface area (Å²) in [5, 5.41) is 15.9. The number of amides is 1. The molecule has 0 atom stereocenters. The molecular formula is C15H13F2N3O3. The van der Waals surface area contributed by atoms with Crippen LogP contribution in [0.5, 0.6) is 0 Å². The SMILES string of the molecule is Cc1ccc(NC(=O)CNc2cc(F)cc(F)c2)c([N+](=O)[O-])c1. The van der Waals surface area contributed by atoms with E-state index in [1.165, 1.54) is 12.1 Å². The van der Waals surface area contributed by atoms with Crippen LogP contribution in [0.1, 0.15) is 5.56 Å². The van der Waals surface area contributed by atoms with Crippen molar-refractivity contribution < 1.29 is 18.5 Å². The van der Waals surface area contributed by atoms with Crippen LogP contribution in [0, 0.1) is 28.7 Å². The number of aryl methyl sites for hydroxylation is 1. The Labute approximate surface area is 130 Å². The Morgan fingerprint density at radius 2 is 1.83 bits per heavy atom. The molecule has 0 saturated carbocycles. The van der Waals surface area contributed by atoms with Crippen molar-refractivity contribution in [2.75, 3.05) is 17.2 Å². The Hall–Kier alpha value is -3.03. The molecule has 23 heavy (non-hydrogen) atoms. The van der Waals surface area contributed by atoms with Gasteiger partial charge in [0.1, 0.15) is 17.3 Å². The first-order valence-electron chi connectivity index (χ1n) is 6.60. The summed E-state index contributed by atoms with van der Waals surface area (Å²) in [6.45, 7) is 1.40. The second-order valence-electron chi connectivity index (χ2n) is 4.84. The van der Waals surface area contributed by atoms with E-state index in [0.29, 0.717) is 11.6 Å². The molecule has 0 unspecified atom stereocenters. The Bertz CT molecular complexity index is 745. The van der Waals surface area contributed by atoms with Crippen molar-refractivity contribution in [2.45, 2.75) is 6.92 Å². The van der Waals surface area contributed by atoms with Crippen molar-refractivity contribution in [3.8, 4) is 0 Å². The van der Waals surface area contributed by atoms with E-state index in [0.717, 1.165) is 12.1 Å². The van der Waals surface area contributed by atoms with Gasteiger partial charge in [0.05, 0.1) is 11.5 Å². The molecule has 0 aliphatic carbocycles. The fourth-order valence-corrected chi connectivity index (χ4v) is 1.93. The van der Waals surface area contributed by atoms with Crippen molar-refractivity contribution in [3.05, 3.63) is 63.7 Å². The van der Waals surface area contributed by atoms with E-state index in [1.54, 1.807) is 13.0 Å². The normalized spacial score (nSPS) is 10.2. The molecule has 0 spiro atoms. The molecule has 0 fully saturated rings. The molecule has 2 N–H and O–H groups in total. The van der Waals surface area contributed by atoms with E-state index in [2.05, 4.69) is 10.6 Å². The number of anilines is 2. The first-order chi connectivity index (χ1) is 10.8. The van der Waals surface area contributed by atoms with Crippen LogP contribution in [-0.4, -0.2) is 17.4 Å². The van der Waals surface area contributed by atoms with Gasteiger partial charge in [-0.1, -0.05) is 6.07 Å². The minimum atomic E-state index is -0.776. The topological polar surface area (TPSA) is 84.3 Å². The molecule has 2 aromatic carbocycles. The van der Waals surface area contributed by atoms with Crippen molar-refractivity contribution in [3.63, 3.8) is 0 Å². The molecule has 8 heteroatoms. The summed E-state index contributed by atoms with van der Waals surface area (Å²) >= 11 is 0. The van der Waals surface area contributed by atoms with Crippen LogP contribution in [0.2, 0.25) is 0 Å². The molecule has 0 heterocycles. The first kappa shape index (κ1) is 16.3. The third-order valence-corrected chi connectivity index (χ3v) is 2.94. The third kappa shape index (κ3) is 4.47. The molecule has 1 amide bonds. The number of hydrogen-bond donors (Lipinski definition) is 2. The fourth-order valence-electron chi connectivity index (χ4n) is 1.93. The van der Waals surface area contributed by atoms with Crippen LogP contribution in [0.25, 0.3) is 0 Å². The number of nitrogens with one attached hydrogen (secondary N) is 2. The summed E-state index contributed by atoms with van der Waals surface area (Å²) in [4.78, 5) is 22.2. The lowest BCUT2D eigenvalue weighted by atomic mass is 10.2. The molecule has 2 rings (SSSR count). The lowest BCUT2D eigenvalue weighted by Crippen LogP contribution is -2.22. The highest BCUT2D eigenvalue weighted by atomic mass is 19.1. The van der Waals surface area contributed by atoms with Crippen LogP contribution in [0.15, 0.2) is 36.4 Å². The average molecular weight is 321 g/mol. The highest BCUT2D eigenvalue weighted by Gasteiger charge is 2.15. The van der Waals surface area contributed by atoms with Crippen molar-refractivity contribution in [1.82, 2.24) is 0 Å². The summed E-state index contributed by atoms with van der Waals surface area (Å²) < 4.78 is 26.0. The van der Waals surface area contributed by atoms with E-state index < -0.39 is 22.5 Å². The molecule has 120 valence electrons. The predicted octanol–water partition coefficient (Wildman–Crippen LogP) is 3.23. The zero-order valence-electron chi connectivity index (χ0n) is 12.1. The lowest BCUT2D eigenvalue weighted by Gasteiger charge is -2.09. The number of carbonyl (C=O) groups is 1. The maximum Gasteiger partial charge on any atom is 0.293 e. The maximum absolute atomic E-state index is 13.0. The Balaban J connectivity index is 2.04. The van der Waals surface area contributed by atoms with Gasteiger partial charge in [-0.2, -0.15) is 0 Å². The number of halogens is 2. The molecule has 0 radical (unpaired) electrons. The number of hydrogen-bond acceptors (Lipinski definition) is 4. The van der Waals surface area contributed by atoms with Gasteiger partial charge >= 0.3 is 0 Å². The molecule has 0 aliphatic heterocycles. The largest absolute Gasteiger partial charge is 0.376 e. The zero-order valence-corrected chi connectivity index (χ0v) is 12.1. The number of nitro groups is 1. The fraction of sp³-hybridized carbons (Fsp3) is 0.133. The highest BCUT2D eigenvalue weighted by Crippen LogP contribution is 2.25. The smallest absolute Gasteiger partial charge is 0.293 e. The summed E-state index contributed by atoms with van der Waals surface area (Å²) in [7, 11) is 0. The second kappa shape index (κ2) is 6.82. The standard InChI is InChI=1S/C15H13F2N3O3/c1-9-2-3-13(14(4-9)20(22)23)19-15(21)8-18-12-6-10(16)5-11(17)7-12/h2-7,18H,8H2,1H3,(H,19,21). The Morgan fingerprint density at radius 3 is 2.43 bits per heavy atom. The van der Waals surface area contributed by atoms with Crippen LogP contribution in [-0.2, 0) is 4.79 Å². The Morgan fingerprint density at radius 1 is 1.17 bits per heavy atom. The quantitative estimate of drug-likeness (QED) is 0.654. The van der Waals surface area contributed by atoms with Crippen LogP contribution >= 0.6 is 0 Å². The summed E-state index contributed by atoms with van der Waals surface area (Å²) in [5.41, 5.74) is 0.604. The zero-order chi connectivity index (χ0) is 17.0. The molecule has 0 bridgehead atoms. The molecule has 0 aliphatic rings. The minimum Gasteiger partial charge on any atom is -0.376 e. The third-order valence-electron chi connectivity index (χ3n) is 2.94. The first-order valence-corrected chi connectivity index (χ1v) is 6.60. The molecule has 0 aromatic heterocycles. The van der Waals surface area contributed by atoms with Crippen LogP contribution < -0.4 is 10.6 Å². The molecular weight excluding hydrogens is 308 g/mol. The number of carbonyl (C=O) groups excluding carboxylic acids is 1. The highest BCUT2D eigenvalue weighted by molar-refractivity contribution is 5.95. The Kier molecular flexibility index (Phi) is 4.85. The van der Waals surface area contributed by atoms with E-state index >= 15 is 0 Å². The number of nitrogens with zero attached hydrogens (tertiary/aromatic N) is 1. The van der Waals surface area contributed by atoms with Gasteiger partial charge in [0.2, 0.25) is 5.91 Å². The minimum absolute atomic E-state index is 0.0535. The van der Waals surface area contributed by atoms with Gasteiger partial charge < -0.3 is 10.6 Å². The van der Waals surface area contributed by atoms with Crippen molar-refractivity contribution in [1.29, 1.82) is 0 Å². The van der Waals surface area contributed by atoms with Crippen LogP contribution in [0.3, 0.4) is 0 Å². The van der Waals surface area contributed by atoms with Crippen molar-refractivity contribution >= 4 is 23.0 Å². The van der Waals surface area contributed by atoms with Gasteiger partial charge in [0, 0.05) is 17.8 Å². The van der Waals surface area contributed by atoms with E-state index in [1.807, 2.05) is 0 Å². The van der Waals surface area contributed by atoms with Crippen molar-refractivity contribution in [2.24, 2.45) is 0 Å². The summed E-state index contributed by atoms with van der Waals surface area (Å²) in [6.07, 6.45) is 0. The van der Waals surface area contributed by atoms with E-state index in [9.17, 15) is 23.7 Å². The number of nitro benzene ring substituents is 1. The maximum atomic E-state index is 13.0. The van der Waals surface area contributed by atoms with Gasteiger partial charge in [-0.15, -0.1) is 0 Å². The van der Waals surface area contributed by atoms with E-state index in [-0.39, 0.29) is 23.6 Å². The predicted molar refractivity (Wildman–Crippen MR) is 81.3 cm³/mol. The lowest BCUT2D eigenvalue weighted by molar-refractivity contribution is -0.384. The van der Waals surface area contributed by atoms with Crippen LogP contribution in [0.4, 0.5) is 25.8 Å². The number of rotatable bonds is 5. The second-order valence-corrected chi connectivity index (χ2v) is 4.84. The van der Waals surface area contributed by atoms with E-state index in [4.69, 9.17) is 0 Å². The summed E-state index contributed by atoms with van der Waals surface area (Å²) in [5.74, 6) is -2.13. The van der Waals surface area contributed by atoms with Gasteiger partial charge in [0.25, 0.3) is 5.69 Å². The summed E-state index contributed by atoms with van der Waals surface area (Å²) in [6, 6.07) is 7.16.